The summed E-state index contributed by atoms with van der Waals surface area (Å²) in [7, 11) is 0. The normalized spacial score (nSPS) is 15.1. The van der Waals surface area contributed by atoms with E-state index in [2.05, 4.69) is 25.7 Å². The number of nitrogens with zero attached hydrogens (tertiary/aromatic N) is 4. The van der Waals surface area contributed by atoms with E-state index >= 15 is 0 Å². The largest absolute Gasteiger partial charge is 0.444 e. The van der Waals surface area contributed by atoms with E-state index in [0.29, 0.717) is 5.56 Å². The Morgan fingerprint density at radius 2 is 2.04 bits per heavy atom. The first-order valence-electron chi connectivity index (χ1n) is 8.87. The van der Waals surface area contributed by atoms with Crippen LogP contribution in [0.1, 0.15) is 41.5 Å². The second-order valence-corrected chi connectivity index (χ2v) is 6.42. The Morgan fingerprint density at radius 1 is 1.29 bits per heavy atom. The molecule has 3 aromatic rings. The number of anilines is 1. The van der Waals surface area contributed by atoms with Gasteiger partial charge in [-0.15, -0.1) is 0 Å². The number of alkyl halides is 2. The molecule has 28 heavy (non-hydrogen) atoms. The van der Waals surface area contributed by atoms with Crippen LogP contribution >= 0.6 is 0 Å². The van der Waals surface area contributed by atoms with E-state index in [0.717, 1.165) is 25.9 Å². The monoisotopic (exact) mass is 388 g/mol. The minimum atomic E-state index is -2.80. The zero-order chi connectivity index (χ0) is 19.5. The fourth-order valence-electron chi connectivity index (χ4n) is 3.11. The molecule has 146 valence electrons. The molecule has 3 aromatic heterocycles. The maximum absolute atomic E-state index is 13.4. The van der Waals surface area contributed by atoms with E-state index in [1.165, 1.54) is 17.1 Å². The molecule has 1 amide bonds. The molecule has 1 fully saturated rings. The lowest BCUT2D eigenvalue weighted by atomic mass is 10.1. The highest BCUT2D eigenvalue weighted by atomic mass is 19.3. The van der Waals surface area contributed by atoms with Crippen molar-refractivity contribution in [1.29, 1.82) is 0 Å². The summed E-state index contributed by atoms with van der Waals surface area (Å²) in [4.78, 5) is 20.5. The van der Waals surface area contributed by atoms with Crippen LogP contribution in [0.2, 0.25) is 0 Å². The molecule has 1 aliphatic heterocycles. The summed E-state index contributed by atoms with van der Waals surface area (Å²) >= 11 is 0. The van der Waals surface area contributed by atoms with Gasteiger partial charge in [-0.3, -0.25) is 14.5 Å². The topological polar surface area (TPSA) is 97.9 Å². The molecule has 0 bridgehead atoms. The van der Waals surface area contributed by atoms with Crippen molar-refractivity contribution in [3.05, 3.63) is 48.4 Å². The summed E-state index contributed by atoms with van der Waals surface area (Å²) in [6.45, 7) is 1.60. The van der Waals surface area contributed by atoms with Gasteiger partial charge in [0.25, 0.3) is 12.3 Å². The summed E-state index contributed by atoms with van der Waals surface area (Å²) in [5, 5.41) is 9.70. The van der Waals surface area contributed by atoms with Gasteiger partial charge in [0.1, 0.15) is 6.26 Å². The number of carbonyl (C=O) groups is 1. The molecule has 10 heteroatoms. The minimum Gasteiger partial charge on any atom is -0.444 e. The van der Waals surface area contributed by atoms with Gasteiger partial charge in [0.2, 0.25) is 5.89 Å². The second-order valence-electron chi connectivity index (χ2n) is 6.42. The van der Waals surface area contributed by atoms with Gasteiger partial charge < -0.3 is 15.1 Å². The Kier molecular flexibility index (Phi) is 5.11. The van der Waals surface area contributed by atoms with Crippen molar-refractivity contribution in [3.63, 3.8) is 0 Å². The number of nitrogens with one attached hydrogen (secondary N) is 2. The van der Waals surface area contributed by atoms with Gasteiger partial charge in [0.05, 0.1) is 11.7 Å². The van der Waals surface area contributed by atoms with E-state index in [1.807, 2.05) is 0 Å². The molecule has 2 N–H and O–H groups in total. The number of oxazole rings is 1. The van der Waals surface area contributed by atoms with E-state index < -0.39 is 18.0 Å². The summed E-state index contributed by atoms with van der Waals surface area (Å²) in [6, 6.07) is 3.39. The standard InChI is InChI=1S/C18H18F2N6O2/c19-16(20)15-13(9-26(25-15)12-3-7-22-8-4-12)23-17(27)14-10-28-18(24-14)11-1-5-21-6-2-11/h1-2,5-6,9-10,12,16,22H,3-4,7-8H2,(H,23,27). The molecule has 1 saturated heterocycles. The van der Waals surface area contributed by atoms with E-state index in [-0.39, 0.29) is 23.3 Å². The highest BCUT2D eigenvalue weighted by Crippen LogP contribution is 2.29. The van der Waals surface area contributed by atoms with Crippen LogP contribution in [-0.2, 0) is 0 Å². The Bertz CT molecular complexity index is 950. The zero-order valence-electron chi connectivity index (χ0n) is 14.8. The first-order valence-corrected chi connectivity index (χ1v) is 8.87. The van der Waals surface area contributed by atoms with Crippen molar-refractivity contribution < 1.29 is 18.0 Å². The van der Waals surface area contributed by atoms with Crippen LogP contribution in [-0.4, -0.2) is 38.7 Å². The maximum atomic E-state index is 13.4. The Morgan fingerprint density at radius 3 is 2.75 bits per heavy atom. The summed E-state index contributed by atoms with van der Waals surface area (Å²) in [6.07, 6.45) is 4.56. The van der Waals surface area contributed by atoms with Gasteiger partial charge in [0, 0.05) is 24.2 Å². The lowest BCUT2D eigenvalue weighted by Gasteiger charge is -2.22. The average molecular weight is 388 g/mol. The van der Waals surface area contributed by atoms with Crippen molar-refractivity contribution in [1.82, 2.24) is 25.1 Å². The van der Waals surface area contributed by atoms with Crippen LogP contribution < -0.4 is 10.6 Å². The Hall–Kier alpha value is -3.14. The number of amides is 1. The first kappa shape index (κ1) is 18.2. The number of hydrogen-bond donors (Lipinski definition) is 2. The highest BCUT2D eigenvalue weighted by molar-refractivity contribution is 6.03. The molecule has 4 heterocycles. The minimum absolute atomic E-state index is 0.0124. The number of aromatic nitrogens is 4. The molecule has 0 spiro atoms. The fraction of sp³-hybridized carbons (Fsp3) is 0.333. The predicted molar refractivity (Wildman–Crippen MR) is 96.0 cm³/mol. The SMILES string of the molecule is O=C(Nc1cn(C2CCNCC2)nc1C(F)F)c1coc(-c2ccncc2)n1. The fourth-order valence-corrected chi connectivity index (χ4v) is 3.11. The van der Waals surface area contributed by atoms with Gasteiger partial charge in [-0.1, -0.05) is 0 Å². The summed E-state index contributed by atoms with van der Waals surface area (Å²) < 4.78 is 33.6. The van der Waals surface area contributed by atoms with E-state index in [1.54, 1.807) is 24.5 Å². The Balaban J connectivity index is 1.54. The van der Waals surface area contributed by atoms with Crippen LogP contribution in [0.5, 0.6) is 0 Å². The quantitative estimate of drug-likeness (QED) is 0.697. The van der Waals surface area contributed by atoms with E-state index in [4.69, 9.17) is 4.42 Å². The highest BCUT2D eigenvalue weighted by Gasteiger charge is 2.25. The van der Waals surface area contributed by atoms with Crippen LogP contribution in [0.4, 0.5) is 14.5 Å². The molecule has 4 rings (SSSR count). The Labute approximate surface area is 159 Å². The van der Waals surface area contributed by atoms with Crippen LogP contribution in [0, 0.1) is 0 Å². The molecule has 0 saturated carbocycles. The predicted octanol–water partition coefficient (Wildman–Crippen LogP) is 3.05. The third kappa shape index (κ3) is 3.77. The van der Waals surface area contributed by atoms with Gasteiger partial charge in [-0.25, -0.2) is 13.8 Å². The molecule has 1 aliphatic rings. The van der Waals surface area contributed by atoms with E-state index in [9.17, 15) is 13.6 Å². The maximum Gasteiger partial charge on any atom is 0.284 e. The second kappa shape index (κ2) is 7.85. The average Bonchev–Trinajstić information content (AvgIpc) is 3.37. The smallest absolute Gasteiger partial charge is 0.284 e. The van der Waals surface area contributed by atoms with Crippen LogP contribution in [0.15, 0.2) is 41.4 Å². The molecule has 0 atom stereocenters. The molecule has 0 aromatic carbocycles. The third-order valence-corrected chi connectivity index (χ3v) is 4.56. The number of rotatable bonds is 5. The van der Waals surface area contributed by atoms with Crippen molar-refractivity contribution in [2.45, 2.75) is 25.3 Å². The molecule has 8 nitrogen and oxygen atoms in total. The van der Waals surface area contributed by atoms with Gasteiger partial charge >= 0.3 is 0 Å². The van der Waals surface area contributed by atoms with Gasteiger partial charge in [0.15, 0.2) is 11.4 Å². The van der Waals surface area contributed by atoms with Gasteiger partial charge in [-0.05, 0) is 38.1 Å². The van der Waals surface area contributed by atoms with Crippen molar-refractivity contribution in [3.8, 4) is 11.5 Å². The number of halogens is 2. The molecule has 0 radical (unpaired) electrons. The zero-order valence-corrected chi connectivity index (χ0v) is 14.8. The third-order valence-electron chi connectivity index (χ3n) is 4.56. The molecule has 0 unspecified atom stereocenters. The van der Waals surface area contributed by atoms with Crippen molar-refractivity contribution >= 4 is 11.6 Å². The van der Waals surface area contributed by atoms with Crippen molar-refractivity contribution in [2.24, 2.45) is 0 Å². The van der Waals surface area contributed by atoms with Crippen LogP contribution in [0.3, 0.4) is 0 Å². The van der Waals surface area contributed by atoms with Crippen molar-refractivity contribution in [2.75, 3.05) is 18.4 Å². The number of pyridine rings is 1. The van der Waals surface area contributed by atoms with Crippen LogP contribution in [0.25, 0.3) is 11.5 Å². The lowest BCUT2D eigenvalue weighted by molar-refractivity contribution is 0.102. The number of hydrogen-bond acceptors (Lipinski definition) is 6. The molecule has 0 aliphatic carbocycles. The lowest BCUT2D eigenvalue weighted by Crippen LogP contribution is -2.29. The molecular weight excluding hydrogens is 370 g/mol. The summed E-state index contributed by atoms with van der Waals surface area (Å²) in [5.41, 5.74) is 0.166. The summed E-state index contributed by atoms with van der Waals surface area (Å²) in [5.74, 6) is -0.400. The molecular formula is C18H18F2N6O2. The number of carbonyl (C=O) groups excluding carboxylic acids is 1. The number of piperidine rings is 1. The first-order chi connectivity index (χ1) is 13.6. The van der Waals surface area contributed by atoms with Gasteiger partial charge in [-0.2, -0.15) is 5.10 Å².